The van der Waals surface area contributed by atoms with Gasteiger partial charge in [-0.1, -0.05) is 30.3 Å². The normalized spacial score (nSPS) is 11.0. The Bertz CT molecular complexity index is 1280. The zero-order valence-corrected chi connectivity index (χ0v) is 15.9. The van der Waals surface area contributed by atoms with Crippen LogP contribution >= 0.6 is 12.4 Å². The molecule has 0 saturated heterocycles. The molecule has 7 heteroatoms. The molecule has 0 fully saturated rings. The Balaban J connectivity index is 0.00000225. The fourth-order valence-electron chi connectivity index (χ4n) is 3.08. The Morgan fingerprint density at radius 2 is 1.68 bits per heavy atom. The lowest BCUT2D eigenvalue weighted by atomic mass is 10.1. The van der Waals surface area contributed by atoms with Crippen molar-refractivity contribution >= 4 is 51.3 Å². The minimum absolute atomic E-state index is 0. The number of aryl methyl sites for hydroxylation is 1. The number of H-pyrrole nitrogens is 1. The quantitative estimate of drug-likeness (QED) is 0.195. The molecule has 1 heterocycles. The number of azo groups is 1. The average molecular weight is 392 g/mol. The zero-order valence-electron chi connectivity index (χ0n) is 15.1. The van der Waals surface area contributed by atoms with Crippen LogP contribution in [0.15, 0.2) is 75.7 Å². The van der Waals surface area contributed by atoms with Gasteiger partial charge in [0, 0.05) is 22.0 Å². The summed E-state index contributed by atoms with van der Waals surface area (Å²) in [6, 6.07) is 18.5. The van der Waals surface area contributed by atoms with Gasteiger partial charge < -0.3 is 10.7 Å². The number of nitrogen functional groups attached to an aromatic ring is 1. The second-order valence-corrected chi connectivity index (χ2v) is 6.30. The van der Waals surface area contributed by atoms with Gasteiger partial charge in [0.25, 0.3) is 0 Å². The van der Waals surface area contributed by atoms with Gasteiger partial charge in [0.05, 0.1) is 11.2 Å². The van der Waals surface area contributed by atoms with Gasteiger partial charge in [-0.2, -0.15) is 5.11 Å². The number of nitrogens with two attached hydrogens (primary N) is 1. The van der Waals surface area contributed by atoms with Crippen molar-refractivity contribution in [1.29, 1.82) is 5.41 Å². The lowest BCUT2D eigenvalue weighted by molar-refractivity contribution is 1.15. The number of amidine groups is 1. The molecule has 0 aliphatic heterocycles. The molecule has 0 unspecified atom stereocenters. The maximum atomic E-state index is 12.9. The van der Waals surface area contributed by atoms with E-state index in [-0.39, 0.29) is 29.4 Å². The molecule has 0 atom stereocenters. The molecule has 28 heavy (non-hydrogen) atoms. The van der Waals surface area contributed by atoms with E-state index in [0.717, 1.165) is 16.3 Å². The van der Waals surface area contributed by atoms with Crippen LogP contribution in [-0.2, 0) is 0 Å². The summed E-state index contributed by atoms with van der Waals surface area (Å²) in [6.45, 7) is 1.82. The van der Waals surface area contributed by atoms with E-state index in [1.54, 1.807) is 24.3 Å². The summed E-state index contributed by atoms with van der Waals surface area (Å²) in [4.78, 5) is 16.2. The van der Waals surface area contributed by atoms with Crippen molar-refractivity contribution in [3.63, 3.8) is 0 Å². The summed E-state index contributed by atoms with van der Waals surface area (Å²) in [5.74, 6) is -0.00691. The lowest BCUT2D eigenvalue weighted by Gasteiger charge is -2.07. The van der Waals surface area contributed by atoms with E-state index in [0.29, 0.717) is 22.3 Å². The van der Waals surface area contributed by atoms with Crippen LogP contribution in [0.5, 0.6) is 0 Å². The lowest BCUT2D eigenvalue weighted by Crippen LogP contribution is -2.10. The van der Waals surface area contributed by atoms with Crippen LogP contribution in [-0.4, -0.2) is 10.8 Å². The van der Waals surface area contributed by atoms with Gasteiger partial charge in [0.15, 0.2) is 5.69 Å². The molecule has 140 valence electrons. The number of nitrogens with zero attached hydrogens (tertiary/aromatic N) is 2. The standard InChI is InChI=1S/C21H17N5O.ClH/c1-12-18(26-25-15-9-6-14(7-10-15)21(22)23)20(27)17-11-8-13-4-2-3-5-16(13)19(17)24-12;/h2-11H,1H3,(H3,22,23)(H,24,27);1H. The summed E-state index contributed by atoms with van der Waals surface area (Å²) in [6.07, 6.45) is 0. The number of hydrogen-bond donors (Lipinski definition) is 3. The Labute approximate surface area is 167 Å². The average Bonchev–Trinajstić information content (AvgIpc) is 2.68. The Hall–Kier alpha value is -3.51. The van der Waals surface area contributed by atoms with Crippen molar-refractivity contribution in [3.8, 4) is 0 Å². The number of pyridine rings is 1. The molecule has 4 N–H and O–H groups in total. The number of rotatable bonds is 3. The van der Waals surface area contributed by atoms with E-state index in [1.807, 2.05) is 43.3 Å². The molecule has 0 aliphatic carbocycles. The first-order chi connectivity index (χ1) is 13.0. The summed E-state index contributed by atoms with van der Waals surface area (Å²) < 4.78 is 0. The number of nitrogens with one attached hydrogen (secondary N) is 2. The first kappa shape index (κ1) is 19.3. The molecule has 3 aromatic carbocycles. The molecule has 0 spiro atoms. The molecule has 4 aromatic rings. The number of halogens is 1. The molecular formula is C21H18ClN5O. The Morgan fingerprint density at radius 1 is 0.964 bits per heavy atom. The highest BCUT2D eigenvalue weighted by atomic mass is 35.5. The molecule has 0 saturated carbocycles. The van der Waals surface area contributed by atoms with Crippen molar-refractivity contribution in [3.05, 3.63) is 82.1 Å². The van der Waals surface area contributed by atoms with E-state index in [2.05, 4.69) is 15.2 Å². The topological polar surface area (TPSA) is 107 Å². The van der Waals surface area contributed by atoms with Gasteiger partial charge in [-0.3, -0.25) is 10.2 Å². The van der Waals surface area contributed by atoms with Crippen molar-refractivity contribution in [2.24, 2.45) is 16.0 Å². The maximum absolute atomic E-state index is 12.9. The van der Waals surface area contributed by atoms with Crippen LogP contribution in [0, 0.1) is 12.3 Å². The van der Waals surface area contributed by atoms with Gasteiger partial charge in [0.1, 0.15) is 5.84 Å². The molecular weight excluding hydrogens is 374 g/mol. The molecule has 0 bridgehead atoms. The van der Waals surface area contributed by atoms with Crippen LogP contribution in [0.2, 0.25) is 0 Å². The van der Waals surface area contributed by atoms with Crippen LogP contribution < -0.4 is 11.2 Å². The molecule has 6 nitrogen and oxygen atoms in total. The van der Waals surface area contributed by atoms with Crippen molar-refractivity contribution in [2.45, 2.75) is 6.92 Å². The maximum Gasteiger partial charge on any atom is 0.217 e. The van der Waals surface area contributed by atoms with E-state index >= 15 is 0 Å². The Morgan fingerprint density at radius 3 is 2.39 bits per heavy atom. The number of hydrogen-bond acceptors (Lipinski definition) is 4. The highest BCUT2D eigenvalue weighted by Gasteiger charge is 2.11. The highest BCUT2D eigenvalue weighted by molar-refractivity contribution is 6.05. The van der Waals surface area contributed by atoms with Crippen LogP contribution in [0.4, 0.5) is 11.4 Å². The fourth-order valence-corrected chi connectivity index (χ4v) is 3.08. The fraction of sp³-hybridized carbons (Fsp3) is 0.0476. The van der Waals surface area contributed by atoms with E-state index < -0.39 is 0 Å². The minimum atomic E-state index is -0.156. The van der Waals surface area contributed by atoms with Gasteiger partial charge in [-0.25, -0.2) is 0 Å². The van der Waals surface area contributed by atoms with Gasteiger partial charge in [-0.15, -0.1) is 17.5 Å². The Kier molecular flexibility index (Phi) is 5.24. The van der Waals surface area contributed by atoms with Gasteiger partial charge >= 0.3 is 0 Å². The summed E-state index contributed by atoms with van der Waals surface area (Å²) in [5.41, 5.74) is 8.23. The highest BCUT2D eigenvalue weighted by Crippen LogP contribution is 2.26. The monoisotopic (exact) mass is 391 g/mol. The first-order valence-electron chi connectivity index (χ1n) is 8.45. The predicted octanol–water partition coefficient (Wildman–Crippen LogP) is 5.11. The summed E-state index contributed by atoms with van der Waals surface area (Å²) in [5, 5.41) is 18.4. The molecule has 0 aliphatic rings. The third-order valence-electron chi connectivity index (χ3n) is 4.50. The van der Waals surface area contributed by atoms with E-state index in [4.69, 9.17) is 11.1 Å². The summed E-state index contributed by atoms with van der Waals surface area (Å²) in [7, 11) is 0. The van der Waals surface area contributed by atoms with Crippen molar-refractivity contribution in [2.75, 3.05) is 0 Å². The molecule has 0 radical (unpaired) electrons. The summed E-state index contributed by atoms with van der Waals surface area (Å²) >= 11 is 0. The number of aromatic nitrogens is 1. The largest absolute Gasteiger partial charge is 0.384 e. The van der Waals surface area contributed by atoms with E-state index in [1.165, 1.54) is 0 Å². The SMILES string of the molecule is Cc1[nH]c2c(ccc3ccccc32)c(=O)c1N=Nc1ccc(C(=N)N)cc1.Cl. The first-order valence-corrected chi connectivity index (χ1v) is 8.45. The van der Waals surface area contributed by atoms with Crippen molar-refractivity contribution in [1.82, 2.24) is 4.98 Å². The molecule has 0 amide bonds. The minimum Gasteiger partial charge on any atom is -0.384 e. The third kappa shape index (κ3) is 3.37. The second kappa shape index (κ2) is 7.62. The number of benzene rings is 3. The van der Waals surface area contributed by atoms with Crippen LogP contribution in [0.1, 0.15) is 11.3 Å². The second-order valence-electron chi connectivity index (χ2n) is 6.30. The smallest absolute Gasteiger partial charge is 0.217 e. The number of aromatic amines is 1. The van der Waals surface area contributed by atoms with Gasteiger partial charge in [0.2, 0.25) is 5.43 Å². The van der Waals surface area contributed by atoms with Crippen LogP contribution in [0.25, 0.3) is 21.7 Å². The van der Waals surface area contributed by atoms with Crippen molar-refractivity contribution < 1.29 is 0 Å². The molecule has 4 rings (SSSR count). The van der Waals surface area contributed by atoms with Crippen LogP contribution in [0.3, 0.4) is 0 Å². The predicted molar refractivity (Wildman–Crippen MR) is 116 cm³/mol. The molecule has 1 aromatic heterocycles. The van der Waals surface area contributed by atoms with Gasteiger partial charge in [-0.05, 0) is 42.6 Å². The third-order valence-corrected chi connectivity index (χ3v) is 4.50. The van der Waals surface area contributed by atoms with E-state index in [9.17, 15) is 4.79 Å². The zero-order chi connectivity index (χ0) is 19.0. The number of fused-ring (bicyclic) bond motifs is 3.